The Morgan fingerprint density at radius 1 is 1.43 bits per heavy atom. The Balaban J connectivity index is 1.69. The zero-order valence-corrected chi connectivity index (χ0v) is 13.8. The first-order chi connectivity index (χ1) is 11.1. The molecule has 1 aliphatic heterocycles. The number of rotatable bonds is 7. The van der Waals surface area contributed by atoms with E-state index in [1.165, 1.54) is 18.6 Å². The van der Waals surface area contributed by atoms with E-state index in [1.807, 2.05) is 0 Å². The molecule has 1 amide bonds. The lowest BCUT2D eigenvalue weighted by Crippen LogP contribution is -2.36. The van der Waals surface area contributed by atoms with Crippen molar-refractivity contribution in [3.05, 3.63) is 35.6 Å². The molecule has 2 N–H and O–H groups in total. The van der Waals surface area contributed by atoms with Crippen LogP contribution in [0.2, 0.25) is 0 Å². The molecular formula is C18H27FN2O2. The first-order valence-corrected chi connectivity index (χ1v) is 8.51. The summed E-state index contributed by atoms with van der Waals surface area (Å²) in [5.41, 5.74) is 0.484. The molecule has 0 spiro atoms. The third-order valence-corrected chi connectivity index (χ3v) is 4.45. The van der Waals surface area contributed by atoms with E-state index in [4.69, 9.17) is 0 Å². The van der Waals surface area contributed by atoms with E-state index in [-0.39, 0.29) is 18.3 Å². The predicted molar refractivity (Wildman–Crippen MR) is 88.4 cm³/mol. The predicted octanol–water partition coefficient (Wildman–Crippen LogP) is 2.49. The number of aliphatic hydroxyl groups is 1. The molecule has 1 heterocycles. The van der Waals surface area contributed by atoms with Crippen LogP contribution in [0.3, 0.4) is 0 Å². The van der Waals surface area contributed by atoms with Crippen molar-refractivity contribution < 1.29 is 14.3 Å². The molecule has 23 heavy (non-hydrogen) atoms. The van der Waals surface area contributed by atoms with Crippen LogP contribution >= 0.6 is 0 Å². The molecule has 0 aromatic heterocycles. The van der Waals surface area contributed by atoms with E-state index in [2.05, 4.69) is 17.1 Å². The van der Waals surface area contributed by atoms with Gasteiger partial charge in [0.2, 0.25) is 5.91 Å². The highest BCUT2D eigenvalue weighted by Crippen LogP contribution is 2.20. The second-order valence-electron chi connectivity index (χ2n) is 6.36. The van der Waals surface area contributed by atoms with E-state index in [0.29, 0.717) is 17.9 Å². The molecule has 128 valence electrons. The van der Waals surface area contributed by atoms with Gasteiger partial charge in [-0.25, -0.2) is 4.39 Å². The third kappa shape index (κ3) is 5.92. The summed E-state index contributed by atoms with van der Waals surface area (Å²) in [5.74, 6) is 0.00975. The Labute approximate surface area is 137 Å². The minimum atomic E-state index is -0.874. The lowest BCUT2D eigenvalue weighted by Gasteiger charge is -2.31. The van der Waals surface area contributed by atoms with Gasteiger partial charge in [-0.15, -0.1) is 0 Å². The van der Waals surface area contributed by atoms with Crippen molar-refractivity contribution in [1.29, 1.82) is 0 Å². The first-order valence-electron chi connectivity index (χ1n) is 8.51. The number of nitrogens with zero attached hydrogens (tertiary/aromatic N) is 1. The number of nitrogens with one attached hydrogen (secondary N) is 1. The molecule has 0 radical (unpaired) electrons. The Bertz CT molecular complexity index is 502. The minimum Gasteiger partial charge on any atom is -0.387 e. The Kier molecular flexibility index (Phi) is 6.99. The summed E-state index contributed by atoms with van der Waals surface area (Å²) in [4.78, 5) is 14.5. The van der Waals surface area contributed by atoms with Gasteiger partial charge in [0.1, 0.15) is 5.82 Å². The highest BCUT2D eigenvalue weighted by molar-refractivity contribution is 5.76. The first kappa shape index (κ1) is 17.9. The zero-order valence-electron chi connectivity index (χ0n) is 13.8. The number of halogens is 1. The lowest BCUT2D eigenvalue weighted by molar-refractivity contribution is -0.122. The molecule has 1 aliphatic rings. The van der Waals surface area contributed by atoms with Crippen molar-refractivity contribution in [2.75, 3.05) is 26.2 Å². The molecule has 0 unspecified atom stereocenters. The van der Waals surface area contributed by atoms with Crippen molar-refractivity contribution in [2.45, 2.75) is 38.7 Å². The fourth-order valence-corrected chi connectivity index (χ4v) is 3.11. The van der Waals surface area contributed by atoms with Gasteiger partial charge in [0, 0.05) is 13.0 Å². The molecule has 0 aliphatic carbocycles. The summed E-state index contributed by atoms with van der Waals surface area (Å²) in [6.07, 6.45) is 2.92. The van der Waals surface area contributed by atoms with Crippen molar-refractivity contribution in [1.82, 2.24) is 10.2 Å². The second-order valence-corrected chi connectivity index (χ2v) is 6.36. The van der Waals surface area contributed by atoms with Gasteiger partial charge in [0.25, 0.3) is 0 Å². The van der Waals surface area contributed by atoms with E-state index in [0.717, 1.165) is 32.5 Å². The average Bonchev–Trinajstić information content (AvgIpc) is 2.55. The summed E-state index contributed by atoms with van der Waals surface area (Å²) in [6.45, 7) is 5.58. The number of likely N-dealkylation sites (tertiary alicyclic amines) is 1. The van der Waals surface area contributed by atoms with Crippen LogP contribution in [0.25, 0.3) is 0 Å². The molecule has 2 rings (SSSR count). The highest BCUT2D eigenvalue weighted by atomic mass is 19.1. The van der Waals surface area contributed by atoms with Gasteiger partial charge in [-0.05, 0) is 62.5 Å². The third-order valence-electron chi connectivity index (χ3n) is 4.45. The number of aliphatic hydroxyl groups excluding tert-OH is 1. The molecule has 0 saturated carbocycles. The number of piperidine rings is 1. The van der Waals surface area contributed by atoms with E-state index < -0.39 is 6.10 Å². The van der Waals surface area contributed by atoms with Crippen LogP contribution in [-0.2, 0) is 4.79 Å². The van der Waals surface area contributed by atoms with Crippen LogP contribution in [0, 0.1) is 11.7 Å². The van der Waals surface area contributed by atoms with Crippen LogP contribution in [0.15, 0.2) is 24.3 Å². The number of carbonyl (C=O) groups is 1. The maximum absolute atomic E-state index is 13.1. The normalized spacial score (nSPS) is 17.9. The van der Waals surface area contributed by atoms with E-state index in [9.17, 15) is 14.3 Å². The zero-order chi connectivity index (χ0) is 16.7. The maximum atomic E-state index is 13.1. The van der Waals surface area contributed by atoms with Crippen molar-refractivity contribution in [2.24, 2.45) is 5.92 Å². The van der Waals surface area contributed by atoms with Crippen LogP contribution in [0.5, 0.6) is 0 Å². The molecule has 1 atom stereocenters. The molecule has 0 bridgehead atoms. The molecule has 4 nitrogen and oxygen atoms in total. The summed E-state index contributed by atoms with van der Waals surface area (Å²) < 4.78 is 13.1. The van der Waals surface area contributed by atoms with Gasteiger partial charge in [-0.1, -0.05) is 19.1 Å². The number of benzene rings is 1. The number of amides is 1. The fraction of sp³-hybridized carbons (Fsp3) is 0.611. The summed E-state index contributed by atoms with van der Waals surface area (Å²) in [5, 5.41) is 12.8. The van der Waals surface area contributed by atoms with Crippen LogP contribution in [0.1, 0.15) is 44.3 Å². The maximum Gasteiger partial charge on any atom is 0.220 e. The van der Waals surface area contributed by atoms with Gasteiger partial charge >= 0.3 is 0 Å². The Morgan fingerprint density at radius 3 is 2.83 bits per heavy atom. The van der Waals surface area contributed by atoms with Gasteiger partial charge in [0.05, 0.1) is 6.10 Å². The standard InChI is InChI=1S/C18H27FN2O2/c1-2-8-21-9-6-14(7-10-21)11-18(23)20-13-17(22)15-4-3-5-16(19)12-15/h3-5,12,14,17,22H,2,6-11,13H2,1H3,(H,20,23)/t17-/m1/s1. The highest BCUT2D eigenvalue weighted by Gasteiger charge is 2.21. The number of carbonyl (C=O) groups excluding carboxylic acids is 1. The second kappa shape index (κ2) is 8.99. The van der Waals surface area contributed by atoms with Crippen molar-refractivity contribution >= 4 is 5.91 Å². The Hall–Kier alpha value is -1.46. The van der Waals surface area contributed by atoms with Crippen LogP contribution < -0.4 is 5.32 Å². The number of hydrogen-bond acceptors (Lipinski definition) is 3. The topological polar surface area (TPSA) is 52.6 Å². The molecule has 1 saturated heterocycles. The summed E-state index contributed by atoms with van der Waals surface area (Å²) >= 11 is 0. The van der Waals surface area contributed by atoms with Gasteiger partial charge in [-0.3, -0.25) is 4.79 Å². The molecule has 1 fully saturated rings. The average molecular weight is 322 g/mol. The molecule has 1 aromatic carbocycles. The van der Waals surface area contributed by atoms with Crippen molar-refractivity contribution in [3.63, 3.8) is 0 Å². The Morgan fingerprint density at radius 2 is 2.17 bits per heavy atom. The lowest BCUT2D eigenvalue weighted by atomic mass is 9.93. The van der Waals surface area contributed by atoms with Crippen molar-refractivity contribution in [3.8, 4) is 0 Å². The van der Waals surface area contributed by atoms with Gasteiger partial charge in [0.15, 0.2) is 0 Å². The largest absolute Gasteiger partial charge is 0.387 e. The minimum absolute atomic E-state index is 0.0330. The quantitative estimate of drug-likeness (QED) is 0.811. The summed E-state index contributed by atoms with van der Waals surface area (Å²) in [7, 11) is 0. The van der Waals surface area contributed by atoms with Crippen LogP contribution in [-0.4, -0.2) is 42.1 Å². The SMILES string of the molecule is CCCN1CCC(CC(=O)NC[C@@H](O)c2cccc(F)c2)CC1. The van der Waals surface area contributed by atoms with Gasteiger partial charge < -0.3 is 15.3 Å². The summed E-state index contributed by atoms with van der Waals surface area (Å²) in [6, 6.07) is 5.84. The smallest absolute Gasteiger partial charge is 0.220 e. The van der Waals surface area contributed by atoms with Gasteiger partial charge in [-0.2, -0.15) is 0 Å². The van der Waals surface area contributed by atoms with E-state index in [1.54, 1.807) is 12.1 Å². The van der Waals surface area contributed by atoms with E-state index >= 15 is 0 Å². The molecular weight excluding hydrogens is 295 g/mol. The molecule has 1 aromatic rings. The monoisotopic (exact) mass is 322 g/mol. The van der Waals surface area contributed by atoms with Crippen LogP contribution in [0.4, 0.5) is 4.39 Å². The molecule has 5 heteroatoms. The fourth-order valence-electron chi connectivity index (χ4n) is 3.11. The number of hydrogen-bond donors (Lipinski definition) is 2.